The van der Waals surface area contributed by atoms with Crippen molar-refractivity contribution in [3.63, 3.8) is 0 Å². The van der Waals surface area contributed by atoms with Crippen molar-refractivity contribution in [1.82, 2.24) is 25.0 Å². The molecule has 2 aromatic rings. The zero-order chi connectivity index (χ0) is 14.7. The molecule has 0 saturated heterocycles. The maximum Gasteiger partial charge on any atom is 0.147 e. The van der Waals surface area contributed by atoms with Crippen LogP contribution in [0.1, 0.15) is 30.8 Å². The van der Waals surface area contributed by atoms with Crippen molar-refractivity contribution in [3.8, 4) is 0 Å². The lowest BCUT2D eigenvalue weighted by molar-refractivity contribution is 0.208. The molecule has 0 spiro atoms. The zero-order valence-corrected chi connectivity index (χ0v) is 12.8. The Morgan fingerprint density at radius 3 is 2.95 bits per heavy atom. The monoisotopic (exact) mass is 285 g/mol. The second kappa shape index (κ2) is 6.37. The predicted octanol–water partition coefficient (Wildman–Crippen LogP) is 1.79. The van der Waals surface area contributed by atoms with E-state index in [9.17, 15) is 0 Å². The lowest BCUT2D eigenvalue weighted by Crippen LogP contribution is -2.33. The average molecular weight is 285 g/mol. The summed E-state index contributed by atoms with van der Waals surface area (Å²) in [5.74, 6) is 1.07. The highest BCUT2D eigenvalue weighted by molar-refractivity contribution is 5.23. The van der Waals surface area contributed by atoms with Gasteiger partial charge in [-0.3, -0.25) is 4.90 Å². The Bertz CT molecular complexity index is 590. The third kappa shape index (κ3) is 3.68. The smallest absolute Gasteiger partial charge is 0.147 e. The standard InChI is InChI=1S/C16H23N5/c1-13(2)17-9-14-4-3-5-15(8-14)10-20-6-7-21-12-18-19-16(21)11-20/h3-5,8,12-13,17H,6-7,9-11H2,1-2H3. The van der Waals surface area contributed by atoms with Gasteiger partial charge in [-0.1, -0.05) is 38.1 Å². The van der Waals surface area contributed by atoms with Crippen LogP contribution in [0.15, 0.2) is 30.6 Å². The summed E-state index contributed by atoms with van der Waals surface area (Å²) >= 11 is 0. The van der Waals surface area contributed by atoms with Gasteiger partial charge in [-0.25, -0.2) is 0 Å². The maximum absolute atomic E-state index is 4.18. The van der Waals surface area contributed by atoms with Gasteiger partial charge in [0.1, 0.15) is 12.2 Å². The topological polar surface area (TPSA) is 46.0 Å². The van der Waals surface area contributed by atoms with Crippen molar-refractivity contribution >= 4 is 0 Å². The lowest BCUT2D eigenvalue weighted by Gasteiger charge is -2.27. The normalized spacial score (nSPS) is 15.4. The van der Waals surface area contributed by atoms with Crippen LogP contribution in [0.5, 0.6) is 0 Å². The van der Waals surface area contributed by atoms with Crippen molar-refractivity contribution in [3.05, 3.63) is 47.5 Å². The Morgan fingerprint density at radius 1 is 1.24 bits per heavy atom. The van der Waals surface area contributed by atoms with E-state index in [1.807, 2.05) is 6.33 Å². The predicted molar refractivity (Wildman–Crippen MR) is 82.6 cm³/mol. The number of hydrogen-bond donors (Lipinski definition) is 1. The minimum absolute atomic E-state index is 0.516. The number of rotatable bonds is 5. The average Bonchev–Trinajstić information content (AvgIpc) is 2.93. The SMILES string of the molecule is CC(C)NCc1cccc(CN2CCn3cnnc3C2)c1. The van der Waals surface area contributed by atoms with Crippen LogP contribution in [0.25, 0.3) is 0 Å². The maximum atomic E-state index is 4.18. The fraction of sp³-hybridized carbons (Fsp3) is 0.500. The minimum atomic E-state index is 0.516. The molecule has 0 saturated carbocycles. The number of fused-ring (bicyclic) bond motifs is 1. The molecule has 0 amide bonds. The van der Waals surface area contributed by atoms with Gasteiger partial charge in [0.2, 0.25) is 0 Å². The van der Waals surface area contributed by atoms with Crippen molar-refractivity contribution < 1.29 is 0 Å². The Hall–Kier alpha value is -1.72. The van der Waals surface area contributed by atoms with Crippen molar-refractivity contribution in [2.45, 2.75) is 46.1 Å². The second-order valence-corrected chi connectivity index (χ2v) is 6.01. The lowest BCUT2D eigenvalue weighted by atomic mass is 10.1. The first-order valence-corrected chi connectivity index (χ1v) is 7.61. The summed E-state index contributed by atoms with van der Waals surface area (Å²) in [6, 6.07) is 9.36. The number of aromatic nitrogens is 3. The molecule has 0 unspecified atom stereocenters. The molecule has 2 heterocycles. The van der Waals surface area contributed by atoms with E-state index >= 15 is 0 Å². The first kappa shape index (κ1) is 14.2. The number of nitrogens with zero attached hydrogens (tertiary/aromatic N) is 4. The van der Waals surface area contributed by atoms with Crippen LogP contribution in [0.4, 0.5) is 0 Å². The van der Waals surface area contributed by atoms with Crippen LogP contribution in [-0.2, 0) is 26.2 Å². The summed E-state index contributed by atoms with van der Waals surface area (Å²) < 4.78 is 2.14. The Labute approximate surface area is 126 Å². The molecule has 1 aliphatic rings. The van der Waals surface area contributed by atoms with E-state index in [0.717, 1.165) is 38.5 Å². The van der Waals surface area contributed by atoms with Crippen molar-refractivity contribution in [2.24, 2.45) is 0 Å². The fourth-order valence-corrected chi connectivity index (χ4v) is 2.67. The van der Waals surface area contributed by atoms with Gasteiger partial charge in [-0.15, -0.1) is 10.2 Å². The molecule has 0 aliphatic carbocycles. The van der Waals surface area contributed by atoms with E-state index in [2.05, 4.69) is 63.1 Å². The third-order valence-corrected chi connectivity index (χ3v) is 3.83. The summed E-state index contributed by atoms with van der Waals surface area (Å²) in [4.78, 5) is 2.43. The summed E-state index contributed by atoms with van der Waals surface area (Å²) in [7, 11) is 0. The van der Waals surface area contributed by atoms with Crippen LogP contribution in [0, 0.1) is 0 Å². The fourth-order valence-electron chi connectivity index (χ4n) is 2.67. The van der Waals surface area contributed by atoms with Gasteiger partial charge < -0.3 is 9.88 Å². The van der Waals surface area contributed by atoms with Gasteiger partial charge in [-0.2, -0.15) is 0 Å². The number of hydrogen-bond acceptors (Lipinski definition) is 4. The first-order chi connectivity index (χ1) is 10.2. The summed E-state index contributed by atoms with van der Waals surface area (Å²) in [6.45, 7) is 9.18. The Kier molecular flexibility index (Phi) is 4.31. The highest BCUT2D eigenvalue weighted by Gasteiger charge is 2.17. The van der Waals surface area contributed by atoms with E-state index in [1.54, 1.807) is 0 Å². The molecule has 3 rings (SSSR count). The van der Waals surface area contributed by atoms with Crippen molar-refractivity contribution in [1.29, 1.82) is 0 Å². The van der Waals surface area contributed by atoms with Crippen LogP contribution in [0.2, 0.25) is 0 Å². The largest absolute Gasteiger partial charge is 0.315 e. The Balaban J connectivity index is 1.61. The highest BCUT2D eigenvalue weighted by Crippen LogP contribution is 2.14. The van der Waals surface area contributed by atoms with Crippen molar-refractivity contribution in [2.75, 3.05) is 6.54 Å². The highest BCUT2D eigenvalue weighted by atomic mass is 15.3. The van der Waals surface area contributed by atoms with Gasteiger partial charge in [-0.05, 0) is 11.1 Å². The second-order valence-electron chi connectivity index (χ2n) is 6.01. The molecule has 1 aromatic heterocycles. The third-order valence-electron chi connectivity index (χ3n) is 3.83. The van der Waals surface area contributed by atoms with E-state index in [0.29, 0.717) is 6.04 Å². The van der Waals surface area contributed by atoms with E-state index in [1.165, 1.54) is 11.1 Å². The van der Waals surface area contributed by atoms with Crippen LogP contribution in [-0.4, -0.2) is 32.3 Å². The minimum Gasteiger partial charge on any atom is -0.315 e. The van der Waals surface area contributed by atoms with Gasteiger partial charge in [0.05, 0.1) is 6.54 Å². The van der Waals surface area contributed by atoms with E-state index < -0.39 is 0 Å². The molecule has 5 nitrogen and oxygen atoms in total. The van der Waals surface area contributed by atoms with Gasteiger partial charge in [0.15, 0.2) is 0 Å². The molecule has 1 N–H and O–H groups in total. The summed E-state index contributed by atoms with van der Waals surface area (Å²) in [5.41, 5.74) is 2.72. The molecule has 5 heteroatoms. The van der Waals surface area contributed by atoms with Gasteiger partial charge in [0, 0.05) is 32.2 Å². The van der Waals surface area contributed by atoms with Gasteiger partial charge >= 0.3 is 0 Å². The van der Waals surface area contributed by atoms with Crippen LogP contribution in [0.3, 0.4) is 0 Å². The molecule has 0 bridgehead atoms. The molecule has 0 radical (unpaired) electrons. The molecule has 0 fully saturated rings. The summed E-state index contributed by atoms with van der Waals surface area (Å²) in [5, 5.41) is 11.6. The molecular weight excluding hydrogens is 262 g/mol. The number of benzene rings is 1. The molecule has 112 valence electrons. The molecule has 21 heavy (non-hydrogen) atoms. The quantitative estimate of drug-likeness (QED) is 0.910. The molecule has 1 aliphatic heterocycles. The van der Waals surface area contributed by atoms with Gasteiger partial charge in [0.25, 0.3) is 0 Å². The van der Waals surface area contributed by atoms with Crippen LogP contribution < -0.4 is 5.32 Å². The van der Waals surface area contributed by atoms with E-state index in [4.69, 9.17) is 0 Å². The zero-order valence-electron chi connectivity index (χ0n) is 12.8. The molecule has 1 aromatic carbocycles. The van der Waals surface area contributed by atoms with Crippen LogP contribution >= 0.6 is 0 Å². The number of nitrogens with one attached hydrogen (secondary N) is 1. The van der Waals surface area contributed by atoms with E-state index in [-0.39, 0.29) is 0 Å². The molecule has 0 atom stereocenters. The molecular formula is C16H23N5. The first-order valence-electron chi connectivity index (χ1n) is 7.61. The summed E-state index contributed by atoms with van der Waals surface area (Å²) in [6.07, 6.45) is 1.82. The Morgan fingerprint density at radius 2 is 2.10 bits per heavy atom.